The molecule has 1 aromatic heterocycles. The summed E-state index contributed by atoms with van der Waals surface area (Å²) in [5, 5.41) is 1.10. The van der Waals surface area contributed by atoms with Gasteiger partial charge in [-0.2, -0.15) is 0 Å². The maximum absolute atomic E-state index is 6.60. The average Bonchev–Trinajstić information content (AvgIpc) is 2.62. The summed E-state index contributed by atoms with van der Waals surface area (Å²) >= 11 is 0. The van der Waals surface area contributed by atoms with Crippen molar-refractivity contribution in [2.45, 2.75) is 25.2 Å². The second kappa shape index (κ2) is 5.20. The van der Waals surface area contributed by atoms with E-state index in [1.165, 1.54) is 28.8 Å². The van der Waals surface area contributed by atoms with Crippen molar-refractivity contribution in [1.29, 1.82) is 0 Å². The molecule has 3 aromatic rings. The third-order valence-electron chi connectivity index (χ3n) is 5.55. The highest BCUT2D eigenvalue weighted by molar-refractivity contribution is 5.92. The molecule has 1 heterocycles. The number of nitrogen functional groups attached to an aromatic ring is 1. The summed E-state index contributed by atoms with van der Waals surface area (Å²) in [6.07, 6.45) is 5.75. The molecular formula is C22H20N2. The van der Waals surface area contributed by atoms with Crippen molar-refractivity contribution in [3.63, 3.8) is 0 Å². The molecule has 0 spiro atoms. The van der Waals surface area contributed by atoms with Crippen LogP contribution in [0.1, 0.15) is 35.6 Å². The van der Waals surface area contributed by atoms with Crippen LogP contribution in [0.2, 0.25) is 0 Å². The Hall–Kier alpha value is -2.61. The third kappa shape index (κ3) is 2.06. The normalized spacial score (nSPS) is 22.1. The van der Waals surface area contributed by atoms with Crippen LogP contribution < -0.4 is 5.73 Å². The van der Waals surface area contributed by atoms with Gasteiger partial charge in [0.25, 0.3) is 0 Å². The van der Waals surface area contributed by atoms with Crippen LogP contribution in [0, 0.1) is 5.92 Å². The number of anilines is 1. The first-order valence-electron chi connectivity index (χ1n) is 8.72. The lowest BCUT2D eigenvalue weighted by Crippen LogP contribution is -2.24. The molecular weight excluding hydrogens is 292 g/mol. The standard InChI is InChI=1S/C22H20N2/c23-22-18-8-4-5-9-19(18)24-20-12-14-10-16(13-17(11-14)21(20)22)15-6-2-1-3-7-15/h1-10,14,17H,11-13H2,(H2,23,24)/t14-,17-/m1/s1. The molecule has 2 nitrogen and oxygen atoms in total. The molecule has 2 aliphatic rings. The van der Waals surface area contributed by atoms with Crippen molar-refractivity contribution < 1.29 is 0 Å². The molecule has 0 radical (unpaired) electrons. The van der Waals surface area contributed by atoms with Crippen LogP contribution in [0.15, 0.2) is 60.7 Å². The monoisotopic (exact) mass is 312 g/mol. The zero-order chi connectivity index (χ0) is 16.1. The number of fused-ring (bicyclic) bond motifs is 5. The van der Waals surface area contributed by atoms with E-state index in [1.807, 2.05) is 6.07 Å². The van der Waals surface area contributed by atoms with E-state index in [0.29, 0.717) is 11.8 Å². The molecule has 2 atom stereocenters. The Bertz CT molecular complexity index is 956. The maximum atomic E-state index is 6.60. The second-order valence-electron chi connectivity index (χ2n) is 7.06. The van der Waals surface area contributed by atoms with Crippen molar-refractivity contribution >= 4 is 22.2 Å². The van der Waals surface area contributed by atoms with E-state index in [2.05, 4.69) is 54.6 Å². The molecule has 2 N–H and O–H groups in total. The minimum Gasteiger partial charge on any atom is -0.398 e. The van der Waals surface area contributed by atoms with Gasteiger partial charge >= 0.3 is 0 Å². The predicted molar refractivity (Wildman–Crippen MR) is 99.7 cm³/mol. The van der Waals surface area contributed by atoms with E-state index in [0.717, 1.165) is 29.4 Å². The number of nitrogens with zero attached hydrogens (tertiary/aromatic N) is 1. The highest BCUT2D eigenvalue weighted by Gasteiger charge is 2.33. The molecule has 0 amide bonds. The Morgan fingerprint density at radius 3 is 2.58 bits per heavy atom. The Balaban J connectivity index is 1.63. The molecule has 5 rings (SSSR count). The molecule has 2 aliphatic carbocycles. The minimum atomic E-state index is 0.496. The summed E-state index contributed by atoms with van der Waals surface area (Å²) in [7, 11) is 0. The molecule has 0 saturated heterocycles. The predicted octanol–water partition coefficient (Wildman–Crippen LogP) is 4.95. The van der Waals surface area contributed by atoms with Gasteiger partial charge in [-0.3, -0.25) is 4.98 Å². The lowest BCUT2D eigenvalue weighted by molar-refractivity contribution is 0.451. The Morgan fingerprint density at radius 1 is 0.917 bits per heavy atom. The number of allylic oxidation sites excluding steroid dienone is 2. The van der Waals surface area contributed by atoms with Gasteiger partial charge in [-0.15, -0.1) is 0 Å². The lowest BCUT2D eigenvalue weighted by Gasteiger charge is -2.36. The van der Waals surface area contributed by atoms with Gasteiger partial charge in [0.2, 0.25) is 0 Å². The van der Waals surface area contributed by atoms with Gasteiger partial charge in [0.15, 0.2) is 0 Å². The topological polar surface area (TPSA) is 38.9 Å². The quantitative estimate of drug-likeness (QED) is 0.690. The van der Waals surface area contributed by atoms with Crippen molar-refractivity contribution in [3.8, 4) is 0 Å². The molecule has 2 heteroatoms. The fourth-order valence-electron chi connectivity index (χ4n) is 4.53. The van der Waals surface area contributed by atoms with Crippen molar-refractivity contribution in [1.82, 2.24) is 4.98 Å². The summed E-state index contributed by atoms with van der Waals surface area (Å²) in [5.74, 6) is 1.08. The van der Waals surface area contributed by atoms with E-state index in [-0.39, 0.29) is 0 Å². The van der Waals surface area contributed by atoms with Crippen LogP contribution in [0.4, 0.5) is 5.69 Å². The Labute approximate surface area is 142 Å². The van der Waals surface area contributed by atoms with Crippen LogP contribution in [0.5, 0.6) is 0 Å². The van der Waals surface area contributed by atoms with E-state index in [4.69, 9.17) is 10.7 Å². The van der Waals surface area contributed by atoms with Gasteiger partial charge in [-0.05, 0) is 48.3 Å². The van der Waals surface area contributed by atoms with Crippen LogP contribution in [0.3, 0.4) is 0 Å². The summed E-state index contributed by atoms with van der Waals surface area (Å²) in [5.41, 5.74) is 13.9. The van der Waals surface area contributed by atoms with Crippen LogP contribution in [-0.2, 0) is 6.42 Å². The maximum Gasteiger partial charge on any atom is 0.0726 e. The molecule has 118 valence electrons. The molecule has 0 unspecified atom stereocenters. The Morgan fingerprint density at radius 2 is 1.71 bits per heavy atom. The smallest absolute Gasteiger partial charge is 0.0726 e. The molecule has 24 heavy (non-hydrogen) atoms. The van der Waals surface area contributed by atoms with Gasteiger partial charge in [0, 0.05) is 22.3 Å². The fraction of sp³-hybridized carbons (Fsp3) is 0.227. The first kappa shape index (κ1) is 13.8. The van der Waals surface area contributed by atoms with Crippen molar-refractivity contribution in [2.75, 3.05) is 5.73 Å². The SMILES string of the molecule is Nc1c2c(nc3ccccc13)C[C@@H]1C=C(c3ccccc3)C[C@H]2C1. The van der Waals surface area contributed by atoms with Gasteiger partial charge < -0.3 is 5.73 Å². The lowest BCUT2D eigenvalue weighted by atomic mass is 9.70. The van der Waals surface area contributed by atoms with E-state index >= 15 is 0 Å². The van der Waals surface area contributed by atoms with Crippen molar-refractivity contribution in [3.05, 3.63) is 77.5 Å². The van der Waals surface area contributed by atoms with Crippen molar-refractivity contribution in [2.24, 2.45) is 5.92 Å². The number of aromatic nitrogens is 1. The first-order chi connectivity index (χ1) is 11.8. The first-order valence-corrected chi connectivity index (χ1v) is 8.72. The van der Waals surface area contributed by atoms with Crippen LogP contribution in [-0.4, -0.2) is 4.98 Å². The second-order valence-corrected chi connectivity index (χ2v) is 7.06. The average molecular weight is 312 g/mol. The minimum absolute atomic E-state index is 0.496. The highest BCUT2D eigenvalue weighted by Crippen LogP contribution is 2.48. The number of rotatable bonds is 1. The third-order valence-corrected chi connectivity index (χ3v) is 5.55. The summed E-state index contributed by atoms with van der Waals surface area (Å²) < 4.78 is 0. The van der Waals surface area contributed by atoms with E-state index in [1.54, 1.807) is 0 Å². The molecule has 0 saturated carbocycles. The van der Waals surface area contributed by atoms with Gasteiger partial charge in [0.1, 0.15) is 0 Å². The highest BCUT2D eigenvalue weighted by atomic mass is 14.7. The van der Waals surface area contributed by atoms with Crippen LogP contribution >= 0.6 is 0 Å². The summed E-state index contributed by atoms with van der Waals surface area (Å²) in [6.45, 7) is 0. The number of nitrogens with two attached hydrogens (primary N) is 1. The van der Waals surface area contributed by atoms with E-state index in [9.17, 15) is 0 Å². The number of para-hydroxylation sites is 1. The van der Waals surface area contributed by atoms with E-state index < -0.39 is 0 Å². The molecule has 2 bridgehead atoms. The zero-order valence-electron chi connectivity index (χ0n) is 13.6. The number of benzene rings is 2. The fourth-order valence-corrected chi connectivity index (χ4v) is 4.53. The number of pyridine rings is 1. The number of hydrogen-bond donors (Lipinski definition) is 1. The van der Waals surface area contributed by atoms with Gasteiger partial charge in [-0.25, -0.2) is 0 Å². The molecule has 0 fully saturated rings. The van der Waals surface area contributed by atoms with Gasteiger partial charge in [-0.1, -0.05) is 54.6 Å². The number of hydrogen-bond acceptors (Lipinski definition) is 2. The summed E-state index contributed by atoms with van der Waals surface area (Å²) in [4.78, 5) is 4.95. The zero-order valence-corrected chi connectivity index (χ0v) is 13.6. The molecule has 2 aromatic carbocycles. The summed E-state index contributed by atoms with van der Waals surface area (Å²) in [6, 6.07) is 19.0. The molecule has 0 aliphatic heterocycles. The largest absolute Gasteiger partial charge is 0.398 e. The van der Waals surface area contributed by atoms with Crippen LogP contribution in [0.25, 0.3) is 16.5 Å². The Kier molecular flexibility index (Phi) is 2.99. The van der Waals surface area contributed by atoms with Gasteiger partial charge in [0.05, 0.1) is 5.52 Å².